The molecule has 0 amide bonds. The average molecular weight is 263 g/mol. The van der Waals surface area contributed by atoms with Gasteiger partial charge in [-0.1, -0.05) is 24.6 Å². The first kappa shape index (κ1) is 12.8. The van der Waals surface area contributed by atoms with Crippen LogP contribution in [0.4, 0.5) is 5.82 Å². The molecule has 4 nitrogen and oxygen atoms in total. The van der Waals surface area contributed by atoms with Crippen molar-refractivity contribution in [2.24, 2.45) is 0 Å². The van der Waals surface area contributed by atoms with Crippen LogP contribution in [0.5, 0.6) is 0 Å². The third-order valence-corrected chi connectivity index (χ3v) is 2.66. The van der Waals surface area contributed by atoms with E-state index >= 15 is 0 Å². The molecule has 0 saturated carbocycles. The van der Waals surface area contributed by atoms with E-state index in [-0.39, 0.29) is 0 Å². The van der Waals surface area contributed by atoms with Crippen molar-refractivity contribution in [3.8, 4) is 0 Å². The number of rotatable bonds is 5. The summed E-state index contributed by atoms with van der Waals surface area (Å²) in [7, 11) is 0. The Morgan fingerprint density at radius 3 is 2.89 bits per heavy atom. The standard InChI is InChI=1S/C13H15ClN4/c1-2-12-17-11(14)9-13(18-12)16-8-6-10-5-3-4-7-15-10/h3-5,7,9H,2,6,8H2,1H3,(H,16,17,18). The zero-order valence-corrected chi connectivity index (χ0v) is 11.0. The Labute approximate surface area is 111 Å². The van der Waals surface area contributed by atoms with Gasteiger partial charge in [0.05, 0.1) is 0 Å². The van der Waals surface area contributed by atoms with E-state index in [0.717, 1.165) is 36.7 Å². The van der Waals surface area contributed by atoms with E-state index in [9.17, 15) is 0 Å². The van der Waals surface area contributed by atoms with Gasteiger partial charge in [0.25, 0.3) is 0 Å². The van der Waals surface area contributed by atoms with E-state index in [4.69, 9.17) is 11.6 Å². The first-order valence-corrected chi connectivity index (χ1v) is 6.33. The maximum atomic E-state index is 5.92. The highest BCUT2D eigenvalue weighted by Gasteiger charge is 2.01. The lowest BCUT2D eigenvalue weighted by molar-refractivity contribution is 0.915. The van der Waals surface area contributed by atoms with Gasteiger partial charge < -0.3 is 5.32 Å². The summed E-state index contributed by atoms with van der Waals surface area (Å²) in [5, 5.41) is 3.71. The van der Waals surface area contributed by atoms with Gasteiger partial charge in [-0.25, -0.2) is 9.97 Å². The van der Waals surface area contributed by atoms with Crippen LogP contribution in [0.1, 0.15) is 18.4 Å². The molecule has 0 saturated heterocycles. The fraction of sp³-hybridized carbons (Fsp3) is 0.308. The zero-order chi connectivity index (χ0) is 12.8. The third kappa shape index (κ3) is 3.67. The molecule has 0 radical (unpaired) electrons. The molecular formula is C13H15ClN4. The van der Waals surface area contributed by atoms with E-state index in [1.807, 2.05) is 25.1 Å². The molecule has 18 heavy (non-hydrogen) atoms. The number of aryl methyl sites for hydroxylation is 1. The summed E-state index contributed by atoms with van der Waals surface area (Å²) in [4.78, 5) is 12.7. The second-order valence-corrected chi connectivity index (χ2v) is 4.23. The number of pyridine rings is 1. The molecule has 0 aromatic carbocycles. The number of anilines is 1. The van der Waals surface area contributed by atoms with Gasteiger partial charge in [-0.05, 0) is 12.1 Å². The van der Waals surface area contributed by atoms with Crippen molar-refractivity contribution < 1.29 is 0 Å². The van der Waals surface area contributed by atoms with Crippen molar-refractivity contribution in [1.29, 1.82) is 0 Å². The summed E-state index contributed by atoms with van der Waals surface area (Å²) < 4.78 is 0. The lowest BCUT2D eigenvalue weighted by Crippen LogP contribution is -2.08. The largest absolute Gasteiger partial charge is 0.370 e. The summed E-state index contributed by atoms with van der Waals surface area (Å²) in [6.07, 6.45) is 3.42. The summed E-state index contributed by atoms with van der Waals surface area (Å²) in [6.45, 7) is 2.77. The molecule has 0 atom stereocenters. The van der Waals surface area contributed by atoms with Crippen LogP contribution in [0.15, 0.2) is 30.5 Å². The summed E-state index contributed by atoms with van der Waals surface area (Å²) in [6, 6.07) is 7.64. The highest BCUT2D eigenvalue weighted by Crippen LogP contribution is 2.11. The van der Waals surface area contributed by atoms with Crippen LogP contribution in [0, 0.1) is 0 Å². The topological polar surface area (TPSA) is 50.7 Å². The first-order chi connectivity index (χ1) is 8.78. The molecule has 2 aromatic rings. The van der Waals surface area contributed by atoms with Gasteiger partial charge in [-0.2, -0.15) is 0 Å². The second kappa shape index (κ2) is 6.31. The molecule has 0 fully saturated rings. The van der Waals surface area contributed by atoms with Crippen LogP contribution in [-0.4, -0.2) is 21.5 Å². The smallest absolute Gasteiger partial charge is 0.134 e. The van der Waals surface area contributed by atoms with Crippen LogP contribution in [0.3, 0.4) is 0 Å². The molecule has 0 aliphatic heterocycles. The van der Waals surface area contributed by atoms with E-state index < -0.39 is 0 Å². The highest BCUT2D eigenvalue weighted by molar-refractivity contribution is 6.29. The predicted molar refractivity (Wildman–Crippen MR) is 72.9 cm³/mol. The van der Waals surface area contributed by atoms with Crippen molar-refractivity contribution in [1.82, 2.24) is 15.0 Å². The van der Waals surface area contributed by atoms with Crippen molar-refractivity contribution in [2.45, 2.75) is 19.8 Å². The van der Waals surface area contributed by atoms with Gasteiger partial charge in [0.15, 0.2) is 0 Å². The number of aromatic nitrogens is 3. The summed E-state index contributed by atoms with van der Waals surface area (Å²) in [5.41, 5.74) is 1.06. The Bertz CT molecular complexity index is 502. The monoisotopic (exact) mass is 262 g/mol. The lowest BCUT2D eigenvalue weighted by Gasteiger charge is -2.06. The first-order valence-electron chi connectivity index (χ1n) is 5.95. The van der Waals surface area contributed by atoms with Gasteiger partial charge >= 0.3 is 0 Å². The maximum Gasteiger partial charge on any atom is 0.134 e. The second-order valence-electron chi connectivity index (χ2n) is 3.84. The van der Waals surface area contributed by atoms with Gasteiger partial charge in [0.2, 0.25) is 0 Å². The molecular weight excluding hydrogens is 248 g/mol. The number of nitrogens with one attached hydrogen (secondary N) is 1. The normalized spacial score (nSPS) is 10.3. The minimum atomic E-state index is 0.474. The maximum absolute atomic E-state index is 5.92. The third-order valence-electron chi connectivity index (χ3n) is 2.47. The van der Waals surface area contributed by atoms with Crippen LogP contribution < -0.4 is 5.32 Å². The molecule has 5 heteroatoms. The number of hydrogen-bond donors (Lipinski definition) is 1. The van der Waals surface area contributed by atoms with E-state index in [0.29, 0.717) is 5.15 Å². The average Bonchev–Trinajstić information content (AvgIpc) is 2.39. The predicted octanol–water partition coefficient (Wildman–Crippen LogP) is 2.74. The molecule has 0 spiro atoms. The van der Waals surface area contributed by atoms with Crippen molar-refractivity contribution in [3.05, 3.63) is 47.1 Å². The number of nitrogens with zero attached hydrogens (tertiary/aromatic N) is 3. The van der Waals surface area contributed by atoms with Gasteiger partial charge in [-0.3, -0.25) is 4.98 Å². The van der Waals surface area contributed by atoms with Gasteiger partial charge in [-0.15, -0.1) is 0 Å². The van der Waals surface area contributed by atoms with Crippen molar-refractivity contribution in [2.75, 3.05) is 11.9 Å². The fourth-order valence-electron chi connectivity index (χ4n) is 1.58. The van der Waals surface area contributed by atoms with Gasteiger partial charge in [0, 0.05) is 37.3 Å². The van der Waals surface area contributed by atoms with E-state index in [1.54, 1.807) is 12.3 Å². The van der Waals surface area contributed by atoms with Crippen LogP contribution >= 0.6 is 11.6 Å². The van der Waals surface area contributed by atoms with E-state index in [1.165, 1.54) is 0 Å². The Balaban J connectivity index is 1.92. The quantitative estimate of drug-likeness (QED) is 0.842. The van der Waals surface area contributed by atoms with Crippen molar-refractivity contribution >= 4 is 17.4 Å². The molecule has 2 rings (SSSR count). The highest BCUT2D eigenvalue weighted by atomic mass is 35.5. The number of hydrogen-bond acceptors (Lipinski definition) is 4. The minimum absolute atomic E-state index is 0.474. The SMILES string of the molecule is CCc1nc(Cl)cc(NCCc2ccccn2)n1. The molecule has 2 heterocycles. The number of halogens is 1. The Hall–Kier alpha value is -1.68. The summed E-state index contributed by atoms with van der Waals surface area (Å²) in [5.74, 6) is 1.52. The van der Waals surface area contributed by atoms with Gasteiger partial charge in [0.1, 0.15) is 16.8 Å². The fourth-order valence-corrected chi connectivity index (χ4v) is 1.78. The van der Waals surface area contributed by atoms with Crippen molar-refractivity contribution in [3.63, 3.8) is 0 Å². The molecule has 94 valence electrons. The summed E-state index contributed by atoms with van der Waals surface area (Å²) >= 11 is 5.92. The Morgan fingerprint density at radius 1 is 1.28 bits per heavy atom. The Morgan fingerprint density at radius 2 is 2.17 bits per heavy atom. The Kier molecular flexibility index (Phi) is 4.47. The molecule has 0 aliphatic rings. The molecule has 2 aromatic heterocycles. The molecule has 0 bridgehead atoms. The van der Waals surface area contributed by atoms with Crippen LogP contribution in [0.2, 0.25) is 5.15 Å². The van der Waals surface area contributed by atoms with Crippen LogP contribution in [-0.2, 0) is 12.8 Å². The minimum Gasteiger partial charge on any atom is -0.370 e. The zero-order valence-electron chi connectivity index (χ0n) is 10.2. The molecule has 1 N–H and O–H groups in total. The van der Waals surface area contributed by atoms with E-state index in [2.05, 4.69) is 20.3 Å². The molecule has 0 unspecified atom stereocenters. The molecule has 0 aliphatic carbocycles. The lowest BCUT2D eigenvalue weighted by atomic mass is 10.3. The van der Waals surface area contributed by atoms with Crippen LogP contribution in [0.25, 0.3) is 0 Å².